The number of nitrogens with one attached hydrogen (secondary N) is 3. The average molecular weight is 675 g/mol. The van der Waals surface area contributed by atoms with Crippen LogP contribution in [-0.2, 0) is 28.7 Å². The van der Waals surface area contributed by atoms with Gasteiger partial charge < -0.3 is 30.2 Å². The SMILES string of the molecule is CCOC(=O)N=S(C)(=O)c1ccc(Nc2ncc(-c3cccs3)c(NCC[C@H](NC(=O)OC(C)(C)C)C(=O)OC(C)(C)C)n2)cc1. The molecule has 0 saturated carbocycles. The maximum absolute atomic E-state index is 13.0. The number of amides is 2. The smallest absolute Gasteiger partial charge is 0.442 e. The number of nitrogens with zero attached hydrogens (tertiary/aromatic N) is 3. The molecule has 0 aliphatic carbocycles. The molecule has 15 heteroatoms. The van der Waals surface area contributed by atoms with E-state index >= 15 is 0 Å². The molecule has 250 valence electrons. The number of anilines is 3. The van der Waals surface area contributed by atoms with Gasteiger partial charge in [0.2, 0.25) is 5.95 Å². The van der Waals surface area contributed by atoms with E-state index in [1.165, 1.54) is 17.6 Å². The number of aromatic nitrogens is 2. The van der Waals surface area contributed by atoms with Gasteiger partial charge in [0.15, 0.2) is 0 Å². The predicted octanol–water partition coefficient (Wildman–Crippen LogP) is 6.60. The molecule has 3 N–H and O–H groups in total. The van der Waals surface area contributed by atoms with Crippen LogP contribution in [0.2, 0.25) is 0 Å². The lowest BCUT2D eigenvalue weighted by Gasteiger charge is -2.26. The highest BCUT2D eigenvalue weighted by molar-refractivity contribution is 7.93. The fourth-order valence-corrected chi connectivity index (χ4v) is 5.68. The first-order valence-electron chi connectivity index (χ1n) is 14.6. The van der Waals surface area contributed by atoms with Crippen molar-refractivity contribution in [2.45, 2.75) is 77.0 Å². The number of rotatable bonds is 11. The zero-order chi connectivity index (χ0) is 34.1. The summed E-state index contributed by atoms with van der Waals surface area (Å²) in [5, 5.41) is 11.0. The number of benzene rings is 1. The van der Waals surface area contributed by atoms with Crippen LogP contribution in [0.3, 0.4) is 0 Å². The van der Waals surface area contributed by atoms with Gasteiger partial charge in [-0.15, -0.1) is 15.7 Å². The second-order valence-corrected chi connectivity index (χ2v) is 15.3. The molecular weight excluding hydrogens is 633 g/mol. The second-order valence-electron chi connectivity index (χ2n) is 12.1. The van der Waals surface area contributed by atoms with Crippen LogP contribution in [0.5, 0.6) is 0 Å². The summed E-state index contributed by atoms with van der Waals surface area (Å²) in [5.74, 6) is 0.194. The summed E-state index contributed by atoms with van der Waals surface area (Å²) in [6.07, 6.45) is 1.62. The molecular formula is C31H42N6O7S2. The van der Waals surface area contributed by atoms with E-state index in [2.05, 4.69) is 30.3 Å². The third-order valence-corrected chi connectivity index (χ3v) is 8.29. The van der Waals surface area contributed by atoms with E-state index in [9.17, 15) is 18.6 Å². The number of alkyl carbamates (subject to hydrolysis) is 1. The molecule has 0 aliphatic heterocycles. The topological polar surface area (TPSA) is 170 Å². The molecule has 0 fully saturated rings. The fraction of sp³-hybridized carbons (Fsp3) is 0.452. The summed E-state index contributed by atoms with van der Waals surface area (Å²) in [5.41, 5.74) is -0.138. The Morgan fingerprint density at radius 3 is 2.28 bits per heavy atom. The van der Waals surface area contributed by atoms with Crippen LogP contribution in [0.4, 0.5) is 27.0 Å². The van der Waals surface area contributed by atoms with Crippen molar-refractivity contribution in [2.24, 2.45) is 4.36 Å². The van der Waals surface area contributed by atoms with Crippen molar-refractivity contribution in [1.82, 2.24) is 15.3 Å². The van der Waals surface area contributed by atoms with Gasteiger partial charge in [-0.05, 0) is 90.6 Å². The molecule has 0 bridgehead atoms. The first kappa shape index (κ1) is 36.2. The molecule has 2 atom stereocenters. The molecule has 2 amide bonds. The molecule has 0 saturated heterocycles. The van der Waals surface area contributed by atoms with Crippen LogP contribution in [0.15, 0.2) is 57.2 Å². The van der Waals surface area contributed by atoms with Gasteiger partial charge >= 0.3 is 18.2 Å². The maximum Gasteiger partial charge on any atom is 0.442 e. The molecule has 2 heterocycles. The van der Waals surface area contributed by atoms with Gasteiger partial charge in [-0.25, -0.2) is 23.6 Å². The zero-order valence-corrected chi connectivity index (χ0v) is 29.0. The van der Waals surface area contributed by atoms with Gasteiger partial charge in [-0.3, -0.25) is 0 Å². The monoisotopic (exact) mass is 674 g/mol. The van der Waals surface area contributed by atoms with E-state index in [0.717, 1.165) is 10.4 Å². The predicted molar refractivity (Wildman–Crippen MR) is 179 cm³/mol. The minimum atomic E-state index is -2.99. The molecule has 46 heavy (non-hydrogen) atoms. The highest BCUT2D eigenvalue weighted by atomic mass is 32.2. The van der Waals surface area contributed by atoms with Gasteiger partial charge in [0.1, 0.15) is 23.1 Å². The lowest BCUT2D eigenvalue weighted by Crippen LogP contribution is -2.46. The van der Waals surface area contributed by atoms with Crippen molar-refractivity contribution >= 4 is 56.7 Å². The summed E-state index contributed by atoms with van der Waals surface area (Å²) >= 11 is 1.52. The van der Waals surface area contributed by atoms with Gasteiger partial charge in [-0.2, -0.15) is 4.98 Å². The summed E-state index contributed by atoms with van der Waals surface area (Å²) < 4.78 is 32.3. The Morgan fingerprint density at radius 2 is 1.70 bits per heavy atom. The Balaban J connectivity index is 1.80. The summed E-state index contributed by atoms with van der Waals surface area (Å²) in [7, 11) is -2.99. The van der Waals surface area contributed by atoms with E-state index in [1.807, 2.05) is 17.5 Å². The number of ether oxygens (including phenoxy) is 3. The Hall–Kier alpha value is -4.24. The normalized spacial score (nSPS) is 13.5. The largest absolute Gasteiger partial charge is 0.458 e. The van der Waals surface area contributed by atoms with Crippen LogP contribution < -0.4 is 16.0 Å². The summed E-state index contributed by atoms with van der Waals surface area (Å²) in [6.45, 7) is 12.5. The first-order chi connectivity index (χ1) is 21.5. The van der Waals surface area contributed by atoms with E-state index < -0.39 is 45.1 Å². The van der Waals surface area contributed by atoms with E-state index in [-0.39, 0.29) is 25.5 Å². The molecule has 1 aromatic carbocycles. The zero-order valence-electron chi connectivity index (χ0n) is 27.3. The van der Waals surface area contributed by atoms with Crippen LogP contribution in [0.25, 0.3) is 10.4 Å². The van der Waals surface area contributed by atoms with Crippen LogP contribution >= 0.6 is 11.3 Å². The summed E-state index contributed by atoms with van der Waals surface area (Å²) in [6, 6.07) is 9.43. The Morgan fingerprint density at radius 1 is 1.02 bits per heavy atom. The standard InChI is InChI=1S/C31H42N6O7S2/c1-9-42-29(40)37-46(8,41)21-14-12-20(13-15-21)34-27-33-19-22(24-11-10-18-45-24)25(36-27)32-17-16-23(26(38)43-30(2,3)4)35-28(39)44-31(5,6)7/h10-15,18-19,23H,9,16-17H2,1-8H3,(H,35,39)(H2,32,33,34,36)/t23-,46?/m0/s1. The van der Waals surface area contributed by atoms with Crippen LogP contribution in [-0.4, -0.2) is 69.0 Å². The number of hydrogen-bond acceptors (Lipinski definition) is 12. The number of esters is 1. The van der Waals surface area contributed by atoms with Crippen LogP contribution in [0, 0.1) is 0 Å². The maximum atomic E-state index is 13.0. The third kappa shape index (κ3) is 11.6. The third-order valence-electron chi connectivity index (χ3n) is 5.75. The summed E-state index contributed by atoms with van der Waals surface area (Å²) in [4.78, 5) is 47.7. The molecule has 0 radical (unpaired) electrons. The van der Waals surface area contributed by atoms with Crippen LogP contribution in [0.1, 0.15) is 54.9 Å². The van der Waals surface area contributed by atoms with Crippen molar-refractivity contribution < 1.29 is 32.8 Å². The molecule has 2 aromatic heterocycles. The molecule has 1 unspecified atom stereocenters. The Bertz CT molecular complexity index is 1620. The minimum absolute atomic E-state index is 0.135. The molecule has 13 nitrogen and oxygen atoms in total. The van der Waals surface area contributed by atoms with Crippen molar-refractivity contribution in [2.75, 3.05) is 30.0 Å². The van der Waals surface area contributed by atoms with Gasteiger partial charge in [-0.1, -0.05) is 6.07 Å². The van der Waals surface area contributed by atoms with E-state index in [0.29, 0.717) is 16.4 Å². The lowest BCUT2D eigenvalue weighted by molar-refractivity contribution is -0.157. The van der Waals surface area contributed by atoms with Crippen molar-refractivity contribution in [1.29, 1.82) is 0 Å². The molecule has 0 aliphatic rings. The highest BCUT2D eigenvalue weighted by Gasteiger charge is 2.28. The van der Waals surface area contributed by atoms with Crippen molar-refractivity contribution in [3.05, 3.63) is 48.0 Å². The fourth-order valence-electron chi connectivity index (χ4n) is 3.86. The lowest BCUT2D eigenvalue weighted by atomic mass is 10.1. The number of thiophene rings is 1. The van der Waals surface area contributed by atoms with Gasteiger partial charge in [0.05, 0.1) is 21.9 Å². The van der Waals surface area contributed by atoms with E-state index in [4.69, 9.17) is 14.2 Å². The first-order valence-corrected chi connectivity index (χ1v) is 17.4. The quantitative estimate of drug-likeness (QED) is 0.148. The number of carbonyl (C=O) groups excluding carboxylic acids is 3. The second kappa shape index (κ2) is 15.4. The highest BCUT2D eigenvalue weighted by Crippen LogP contribution is 2.31. The number of hydrogen-bond donors (Lipinski definition) is 3. The minimum Gasteiger partial charge on any atom is -0.458 e. The molecule has 3 aromatic rings. The van der Waals surface area contributed by atoms with Gasteiger partial charge in [0.25, 0.3) is 0 Å². The Kier molecular flexibility index (Phi) is 12.1. The molecule has 0 spiro atoms. The average Bonchev–Trinajstić information content (AvgIpc) is 3.46. The van der Waals surface area contributed by atoms with Crippen molar-refractivity contribution in [3.8, 4) is 10.4 Å². The van der Waals surface area contributed by atoms with Crippen molar-refractivity contribution in [3.63, 3.8) is 0 Å². The molecule has 3 rings (SSSR count). The van der Waals surface area contributed by atoms with Gasteiger partial charge in [0, 0.05) is 34.5 Å². The number of carbonyl (C=O) groups is 3. The Labute approximate surface area is 274 Å². The van der Waals surface area contributed by atoms with E-state index in [1.54, 1.807) is 78.9 Å².